The monoisotopic (exact) mass is 331 g/mol. The van der Waals surface area contributed by atoms with Gasteiger partial charge in [-0.2, -0.15) is 11.3 Å². The van der Waals surface area contributed by atoms with Gasteiger partial charge in [-0.05, 0) is 47.7 Å². The first-order chi connectivity index (χ1) is 11.1. The molecule has 23 heavy (non-hydrogen) atoms. The summed E-state index contributed by atoms with van der Waals surface area (Å²) in [5.41, 5.74) is 2.16. The van der Waals surface area contributed by atoms with Crippen LogP contribution >= 0.6 is 11.3 Å². The topological polar surface area (TPSA) is 55.4 Å². The first kappa shape index (κ1) is 17.2. The molecule has 0 fully saturated rings. The molecular weight excluding hydrogens is 310 g/mol. The molecule has 0 spiro atoms. The molecule has 1 heterocycles. The molecule has 1 amide bonds. The van der Waals surface area contributed by atoms with Gasteiger partial charge in [0.1, 0.15) is 0 Å². The maximum Gasteiger partial charge on any atom is 0.310 e. The van der Waals surface area contributed by atoms with Crippen molar-refractivity contribution in [1.82, 2.24) is 5.32 Å². The number of aryl methyl sites for hydroxylation is 1. The Kier molecular flexibility index (Phi) is 6.81. The Balaban J connectivity index is 1.62. The Labute approximate surface area is 140 Å². The first-order valence-corrected chi connectivity index (χ1v) is 8.58. The van der Waals surface area contributed by atoms with Crippen LogP contribution in [0.5, 0.6) is 0 Å². The number of carbonyl (C=O) groups excluding carboxylic acids is 2. The van der Waals surface area contributed by atoms with Crippen LogP contribution in [0.2, 0.25) is 0 Å². The highest BCUT2D eigenvalue weighted by molar-refractivity contribution is 7.07. The SMILES string of the molecule is C[C@H](CCc1ccccc1)NC(=O)COC(=O)Cc1ccsc1. The van der Waals surface area contributed by atoms with Gasteiger partial charge in [0.2, 0.25) is 0 Å². The third-order valence-corrected chi connectivity index (χ3v) is 4.14. The van der Waals surface area contributed by atoms with Gasteiger partial charge >= 0.3 is 5.97 Å². The molecule has 1 aromatic carbocycles. The number of rotatable bonds is 8. The van der Waals surface area contributed by atoms with Crippen LogP contribution < -0.4 is 5.32 Å². The number of ether oxygens (including phenoxy) is 1. The van der Waals surface area contributed by atoms with Gasteiger partial charge in [-0.15, -0.1) is 0 Å². The molecule has 2 rings (SSSR count). The zero-order chi connectivity index (χ0) is 16.5. The van der Waals surface area contributed by atoms with Gasteiger partial charge in [-0.3, -0.25) is 9.59 Å². The lowest BCUT2D eigenvalue weighted by atomic mass is 10.1. The van der Waals surface area contributed by atoms with E-state index in [0.29, 0.717) is 0 Å². The predicted octanol–water partition coefficient (Wildman–Crippen LogP) is 2.97. The van der Waals surface area contributed by atoms with Crippen molar-refractivity contribution in [2.24, 2.45) is 0 Å². The average Bonchev–Trinajstić information content (AvgIpc) is 3.05. The molecule has 1 N–H and O–H groups in total. The third kappa shape index (κ3) is 6.65. The average molecular weight is 331 g/mol. The Morgan fingerprint density at radius 2 is 1.96 bits per heavy atom. The van der Waals surface area contributed by atoms with Crippen molar-refractivity contribution in [2.45, 2.75) is 32.2 Å². The van der Waals surface area contributed by atoms with Crippen LogP contribution in [0.3, 0.4) is 0 Å². The molecule has 122 valence electrons. The van der Waals surface area contributed by atoms with Crippen molar-refractivity contribution >= 4 is 23.2 Å². The number of amides is 1. The Morgan fingerprint density at radius 1 is 1.17 bits per heavy atom. The number of benzene rings is 1. The number of nitrogens with one attached hydrogen (secondary N) is 1. The summed E-state index contributed by atoms with van der Waals surface area (Å²) in [7, 11) is 0. The van der Waals surface area contributed by atoms with Crippen molar-refractivity contribution in [3.63, 3.8) is 0 Å². The quantitative estimate of drug-likeness (QED) is 0.757. The summed E-state index contributed by atoms with van der Waals surface area (Å²) in [6, 6.07) is 12.0. The van der Waals surface area contributed by atoms with Gasteiger partial charge in [0.15, 0.2) is 6.61 Å². The molecule has 0 radical (unpaired) electrons. The van der Waals surface area contributed by atoms with Gasteiger partial charge in [0.25, 0.3) is 5.91 Å². The molecule has 0 unspecified atom stereocenters. The van der Waals surface area contributed by atoms with E-state index >= 15 is 0 Å². The van der Waals surface area contributed by atoms with E-state index in [1.165, 1.54) is 16.9 Å². The molecule has 1 aromatic heterocycles. The van der Waals surface area contributed by atoms with Gasteiger partial charge in [-0.1, -0.05) is 30.3 Å². The van der Waals surface area contributed by atoms with E-state index in [-0.39, 0.29) is 30.9 Å². The molecule has 5 heteroatoms. The van der Waals surface area contributed by atoms with Crippen molar-refractivity contribution < 1.29 is 14.3 Å². The molecule has 0 aliphatic rings. The van der Waals surface area contributed by atoms with E-state index in [1.54, 1.807) is 0 Å². The molecule has 0 saturated carbocycles. The van der Waals surface area contributed by atoms with E-state index in [9.17, 15) is 9.59 Å². The highest BCUT2D eigenvalue weighted by Gasteiger charge is 2.11. The van der Waals surface area contributed by atoms with Crippen molar-refractivity contribution in [2.75, 3.05) is 6.61 Å². The minimum absolute atomic E-state index is 0.0401. The van der Waals surface area contributed by atoms with Crippen molar-refractivity contribution in [3.05, 3.63) is 58.3 Å². The van der Waals surface area contributed by atoms with Crippen LogP contribution in [0.1, 0.15) is 24.5 Å². The smallest absolute Gasteiger partial charge is 0.310 e. The van der Waals surface area contributed by atoms with Crippen LogP contribution in [0, 0.1) is 0 Å². The lowest BCUT2D eigenvalue weighted by molar-refractivity contribution is -0.148. The fraction of sp³-hybridized carbons (Fsp3) is 0.333. The Hall–Kier alpha value is -2.14. The second-order valence-corrected chi connectivity index (χ2v) is 6.24. The summed E-state index contributed by atoms with van der Waals surface area (Å²) in [4.78, 5) is 23.4. The van der Waals surface area contributed by atoms with E-state index < -0.39 is 0 Å². The summed E-state index contributed by atoms with van der Waals surface area (Å²) >= 11 is 1.53. The summed E-state index contributed by atoms with van der Waals surface area (Å²) in [6.07, 6.45) is 1.96. The summed E-state index contributed by atoms with van der Waals surface area (Å²) < 4.78 is 4.99. The van der Waals surface area contributed by atoms with Crippen LogP contribution in [-0.2, 0) is 27.2 Å². The normalized spacial score (nSPS) is 11.7. The zero-order valence-electron chi connectivity index (χ0n) is 13.2. The van der Waals surface area contributed by atoms with Gasteiger partial charge in [0.05, 0.1) is 6.42 Å². The lowest BCUT2D eigenvalue weighted by Crippen LogP contribution is -2.36. The molecule has 0 aliphatic heterocycles. The summed E-state index contributed by atoms with van der Waals surface area (Å²) in [5.74, 6) is -0.639. The Bertz CT molecular complexity index is 610. The maximum atomic E-state index is 11.8. The standard InChI is InChI=1S/C18H21NO3S/c1-14(7-8-15-5-3-2-4-6-15)19-17(20)12-22-18(21)11-16-9-10-23-13-16/h2-6,9-10,13-14H,7-8,11-12H2,1H3,(H,19,20)/t14-/m1/s1. The number of thiophene rings is 1. The van der Waals surface area contributed by atoms with Gasteiger partial charge < -0.3 is 10.1 Å². The first-order valence-electron chi connectivity index (χ1n) is 7.63. The van der Waals surface area contributed by atoms with E-state index in [1.807, 2.05) is 41.9 Å². The van der Waals surface area contributed by atoms with E-state index in [2.05, 4.69) is 17.4 Å². The minimum Gasteiger partial charge on any atom is -0.455 e. The summed E-state index contributed by atoms with van der Waals surface area (Å²) in [6.45, 7) is 1.73. The Morgan fingerprint density at radius 3 is 2.65 bits per heavy atom. The highest BCUT2D eigenvalue weighted by atomic mass is 32.1. The van der Waals surface area contributed by atoms with Gasteiger partial charge in [0, 0.05) is 6.04 Å². The largest absolute Gasteiger partial charge is 0.455 e. The van der Waals surface area contributed by atoms with Crippen LogP contribution in [0.25, 0.3) is 0 Å². The fourth-order valence-corrected chi connectivity index (χ4v) is 2.84. The zero-order valence-corrected chi connectivity index (χ0v) is 14.0. The summed E-state index contributed by atoms with van der Waals surface area (Å²) in [5, 5.41) is 6.65. The van der Waals surface area contributed by atoms with Crippen molar-refractivity contribution in [1.29, 1.82) is 0 Å². The molecule has 2 aromatic rings. The highest BCUT2D eigenvalue weighted by Crippen LogP contribution is 2.07. The molecule has 0 bridgehead atoms. The fourth-order valence-electron chi connectivity index (χ4n) is 2.17. The number of hydrogen-bond donors (Lipinski definition) is 1. The molecule has 4 nitrogen and oxygen atoms in total. The number of carbonyl (C=O) groups is 2. The van der Waals surface area contributed by atoms with Crippen LogP contribution in [0.4, 0.5) is 0 Å². The molecule has 0 aliphatic carbocycles. The minimum atomic E-state index is -0.379. The molecular formula is C18H21NO3S. The lowest BCUT2D eigenvalue weighted by Gasteiger charge is -2.14. The maximum absolute atomic E-state index is 11.8. The molecule has 0 saturated heterocycles. The van der Waals surface area contributed by atoms with E-state index in [0.717, 1.165) is 18.4 Å². The number of esters is 1. The number of hydrogen-bond acceptors (Lipinski definition) is 4. The van der Waals surface area contributed by atoms with E-state index in [4.69, 9.17) is 4.74 Å². The second kappa shape index (κ2) is 9.10. The van der Waals surface area contributed by atoms with Crippen LogP contribution in [-0.4, -0.2) is 24.5 Å². The second-order valence-electron chi connectivity index (χ2n) is 5.46. The van der Waals surface area contributed by atoms with Crippen molar-refractivity contribution in [3.8, 4) is 0 Å². The predicted molar refractivity (Wildman–Crippen MR) is 91.3 cm³/mol. The molecule has 1 atom stereocenters. The third-order valence-electron chi connectivity index (χ3n) is 3.41. The van der Waals surface area contributed by atoms with Crippen LogP contribution in [0.15, 0.2) is 47.2 Å². The van der Waals surface area contributed by atoms with Gasteiger partial charge in [-0.25, -0.2) is 0 Å².